The van der Waals surface area contributed by atoms with E-state index >= 15 is 0 Å². The third kappa shape index (κ3) is 5.74. The number of hydrogen-bond acceptors (Lipinski definition) is 5. The number of carbonyl (C=O) groups is 1. The minimum absolute atomic E-state index is 0.150. The van der Waals surface area contributed by atoms with E-state index in [1.54, 1.807) is 13.3 Å². The highest BCUT2D eigenvalue weighted by atomic mass is 16.5. The van der Waals surface area contributed by atoms with Gasteiger partial charge in [0.2, 0.25) is 0 Å². The Bertz CT molecular complexity index is 751. The molecule has 2 aromatic carbocycles. The van der Waals surface area contributed by atoms with Crippen LogP contribution in [0.1, 0.15) is 24.8 Å². The largest absolute Gasteiger partial charge is 0.497 e. The Morgan fingerprint density at radius 1 is 1.07 bits per heavy atom. The molecule has 2 N–H and O–H groups in total. The van der Waals surface area contributed by atoms with Gasteiger partial charge in [-0.05, 0) is 61.2 Å². The van der Waals surface area contributed by atoms with Crippen molar-refractivity contribution in [3.63, 3.8) is 0 Å². The number of piperidine rings is 1. The minimum Gasteiger partial charge on any atom is -0.497 e. The van der Waals surface area contributed by atoms with Gasteiger partial charge in [0.15, 0.2) is 0 Å². The van der Waals surface area contributed by atoms with E-state index in [0.717, 1.165) is 30.1 Å². The summed E-state index contributed by atoms with van der Waals surface area (Å²) in [5, 5.41) is 7.07. The van der Waals surface area contributed by atoms with Gasteiger partial charge in [0, 0.05) is 24.5 Å². The van der Waals surface area contributed by atoms with Crippen LogP contribution in [0.5, 0.6) is 5.75 Å². The SMILES string of the molecule is COc1ccc(NCC(=O)N/N=C\c2ccc(N3CCCCC3)cc2)cc1. The lowest BCUT2D eigenvalue weighted by Gasteiger charge is -2.28. The van der Waals surface area contributed by atoms with E-state index in [1.807, 2.05) is 36.4 Å². The van der Waals surface area contributed by atoms with Gasteiger partial charge in [-0.3, -0.25) is 4.79 Å². The first-order valence-electron chi connectivity index (χ1n) is 9.29. The summed E-state index contributed by atoms with van der Waals surface area (Å²) in [5.74, 6) is 0.577. The number of benzene rings is 2. The molecule has 142 valence electrons. The first-order valence-corrected chi connectivity index (χ1v) is 9.29. The summed E-state index contributed by atoms with van der Waals surface area (Å²) in [6, 6.07) is 15.7. The second-order valence-corrected chi connectivity index (χ2v) is 6.51. The molecule has 6 heteroatoms. The highest BCUT2D eigenvalue weighted by molar-refractivity contribution is 5.84. The number of anilines is 2. The van der Waals surface area contributed by atoms with E-state index in [0.29, 0.717) is 0 Å². The van der Waals surface area contributed by atoms with Crippen LogP contribution >= 0.6 is 0 Å². The maximum absolute atomic E-state index is 11.9. The zero-order valence-corrected chi connectivity index (χ0v) is 15.6. The molecule has 0 aromatic heterocycles. The third-order valence-corrected chi connectivity index (χ3v) is 4.56. The van der Waals surface area contributed by atoms with Crippen LogP contribution in [-0.4, -0.2) is 38.9 Å². The molecule has 2 aromatic rings. The number of carbonyl (C=O) groups excluding carboxylic acids is 1. The zero-order chi connectivity index (χ0) is 18.9. The van der Waals surface area contributed by atoms with Crippen LogP contribution in [0.3, 0.4) is 0 Å². The van der Waals surface area contributed by atoms with Gasteiger partial charge in [-0.1, -0.05) is 12.1 Å². The fourth-order valence-corrected chi connectivity index (χ4v) is 3.03. The molecule has 0 unspecified atom stereocenters. The van der Waals surface area contributed by atoms with Crippen molar-refractivity contribution in [2.75, 3.05) is 37.0 Å². The van der Waals surface area contributed by atoms with Gasteiger partial charge >= 0.3 is 0 Å². The minimum atomic E-state index is -0.202. The average Bonchev–Trinajstić information content (AvgIpc) is 2.74. The fraction of sp³-hybridized carbons (Fsp3) is 0.333. The van der Waals surface area contributed by atoms with Crippen molar-refractivity contribution in [3.8, 4) is 5.75 Å². The van der Waals surface area contributed by atoms with Crippen molar-refractivity contribution in [3.05, 3.63) is 54.1 Å². The van der Waals surface area contributed by atoms with Crippen LogP contribution in [0.15, 0.2) is 53.6 Å². The number of hydrazone groups is 1. The van der Waals surface area contributed by atoms with E-state index in [1.165, 1.54) is 24.9 Å². The molecule has 1 aliphatic rings. The molecule has 6 nitrogen and oxygen atoms in total. The molecule has 0 atom stereocenters. The summed E-state index contributed by atoms with van der Waals surface area (Å²) in [7, 11) is 1.62. The van der Waals surface area contributed by atoms with Crippen LogP contribution in [0.4, 0.5) is 11.4 Å². The van der Waals surface area contributed by atoms with Crippen LogP contribution in [0.2, 0.25) is 0 Å². The van der Waals surface area contributed by atoms with E-state index < -0.39 is 0 Å². The van der Waals surface area contributed by atoms with Gasteiger partial charge in [0.25, 0.3) is 5.91 Å². The second-order valence-electron chi connectivity index (χ2n) is 6.51. The number of methoxy groups -OCH3 is 1. The Kier molecular flexibility index (Phi) is 6.68. The second kappa shape index (κ2) is 9.62. The molecule has 3 rings (SSSR count). The molecule has 0 spiro atoms. The Hall–Kier alpha value is -3.02. The van der Waals surface area contributed by atoms with Gasteiger partial charge < -0.3 is 15.0 Å². The monoisotopic (exact) mass is 366 g/mol. The van der Waals surface area contributed by atoms with E-state index in [4.69, 9.17) is 4.74 Å². The van der Waals surface area contributed by atoms with Crippen molar-refractivity contribution >= 4 is 23.5 Å². The lowest BCUT2D eigenvalue weighted by Crippen LogP contribution is -2.29. The Morgan fingerprint density at radius 3 is 2.44 bits per heavy atom. The molecule has 0 bridgehead atoms. The van der Waals surface area contributed by atoms with Crippen molar-refractivity contribution in [2.45, 2.75) is 19.3 Å². The molecule has 0 radical (unpaired) electrons. The summed E-state index contributed by atoms with van der Waals surface area (Å²) in [5.41, 5.74) is 5.59. The maximum atomic E-state index is 11.9. The smallest absolute Gasteiger partial charge is 0.259 e. The fourth-order valence-electron chi connectivity index (χ4n) is 3.03. The molecule has 0 saturated carbocycles. The van der Waals surface area contributed by atoms with E-state index in [2.05, 4.69) is 32.9 Å². The molecule has 1 aliphatic heterocycles. The Labute approximate surface area is 160 Å². The molecule has 1 fully saturated rings. The van der Waals surface area contributed by atoms with Crippen molar-refractivity contribution < 1.29 is 9.53 Å². The lowest BCUT2D eigenvalue weighted by molar-refractivity contribution is -0.119. The number of rotatable bonds is 7. The number of nitrogens with one attached hydrogen (secondary N) is 2. The molecule has 1 heterocycles. The van der Waals surface area contributed by atoms with Gasteiger partial charge in [0.1, 0.15) is 5.75 Å². The molecular formula is C21H26N4O2. The summed E-state index contributed by atoms with van der Waals surface area (Å²) in [6.45, 7) is 2.41. The zero-order valence-electron chi connectivity index (χ0n) is 15.6. The van der Waals surface area contributed by atoms with Gasteiger partial charge in [-0.25, -0.2) is 5.43 Å². The standard InChI is InChI=1S/C21H26N4O2/c1-27-20-11-7-18(8-12-20)22-16-21(26)24-23-15-17-5-9-19(10-6-17)25-13-3-2-4-14-25/h5-12,15,22H,2-4,13-14,16H2,1H3,(H,24,26)/b23-15-. The average molecular weight is 366 g/mol. The number of ether oxygens (including phenoxy) is 1. The molecule has 0 aliphatic carbocycles. The topological polar surface area (TPSA) is 66.0 Å². The summed E-state index contributed by atoms with van der Waals surface area (Å²) in [6.07, 6.45) is 5.51. The van der Waals surface area contributed by atoms with Crippen LogP contribution < -0.4 is 20.4 Å². The maximum Gasteiger partial charge on any atom is 0.259 e. The van der Waals surface area contributed by atoms with Crippen LogP contribution in [0.25, 0.3) is 0 Å². The van der Waals surface area contributed by atoms with Gasteiger partial charge in [-0.15, -0.1) is 0 Å². The van der Waals surface area contributed by atoms with Crippen LogP contribution in [0, 0.1) is 0 Å². The highest BCUT2D eigenvalue weighted by Gasteiger charge is 2.10. The number of nitrogens with zero attached hydrogens (tertiary/aromatic N) is 2. The normalized spacial score (nSPS) is 14.2. The van der Waals surface area contributed by atoms with E-state index in [-0.39, 0.29) is 12.5 Å². The predicted octanol–water partition coefficient (Wildman–Crippen LogP) is 3.25. The number of hydrogen-bond donors (Lipinski definition) is 2. The first-order chi connectivity index (χ1) is 13.2. The first kappa shape index (κ1) is 18.8. The number of amides is 1. The van der Waals surface area contributed by atoms with E-state index in [9.17, 15) is 4.79 Å². The predicted molar refractivity (Wildman–Crippen MR) is 110 cm³/mol. The summed E-state index contributed by atoms with van der Waals surface area (Å²) >= 11 is 0. The third-order valence-electron chi connectivity index (χ3n) is 4.56. The molecular weight excluding hydrogens is 340 g/mol. The van der Waals surface area contributed by atoms with Gasteiger partial charge in [0.05, 0.1) is 19.9 Å². The quantitative estimate of drug-likeness (QED) is 0.583. The lowest BCUT2D eigenvalue weighted by atomic mass is 10.1. The molecule has 27 heavy (non-hydrogen) atoms. The Morgan fingerprint density at radius 2 is 1.78 bits per heavy atom. The summed E-state index contributed by atoms with van der Waals surface area (Å²) < 4.78 is 5.10. The summed E-state index contributed by atoms with van der Waals surface area (Å²) in [4.78, 5) is 14.3. The van der Waals surface area contributed by atoms with Crippen molar-refractivity contribution in [2.24, 2.45) is 5.10 Å². The highest BCUT2D eigenvalue weighted by Crippen LogP contribution is 2.19. The van der Waals surface area contributed by atoms with Crippen molar-refractivity contribution in [1.82, 2.24) is 5.43 Å². The van der Waals surface area contributed by atoms with Crippen molar-refractivity contribution in [1.29, 1.82) is 0 Å². The van der Waals surface area contributed by atoms with Gasteiger partial charge in [-0.2, -0.15) is 5.10 Å². The van der Waals surface area contributed by atoms with Crippen LogP contribution in [-0.2, 0) is 4.79 Å². The molecule has 1 amide bonds. The Balaban J connectivity index is 1.43. The molecule has 1 saturated heterocycles.